The van der Waals surface area contributed by atoms with Crippen LogP contribution in [0.15, 0.2) is 29.0 Å². The van der Waals surface area contributed by atoms with E-state index in [-0.39, 0.29) is 0 Å². The van der Waals surface area contributed by atoms with Crippen LogP contribution in [-0.2, 0) is 18.8 Å². The van der Waals surface area contributed by atoms with Gasteiger partial charge < -0.3 is 9.42 Å². The molecular weight excluding hydrogens is 334 g/mol. The van der Waals surface area contributed by atoms with E-state index in [1.165, 1.54) is 31.5 Å². The number of thioether (sulfide) groups is 1. The highest BCUT2D eigenvalue weighted by Gasteiger charge is 2.38. The first kappa shape index (κ1) is 17.0. The lowest BCUT2D eigenvalue weighted by Gasteiger charge is -2.48. The molecule has 0 saturated carbocycles. The highest BCUT2D eigenvalue weighted by molar-refractivity contribution is 7.97. The summed E-state index contributed by atoms with van der Waals surface area (Å²) >= 11 is 1.71. The molecule has 3 fully saturated rings. The van der Waals surface area contributed by atoms with Gasteiger partial charge in [-0.2, -0.15) is 16.7 Å². The largest absolute Gasteiger partial charge is 0.338 e. The fraction of sp³-hybridized carbons (Fsp3) is 0.611. The number of rotatable bonds is 7. The number of fused-ring (bicyclic) bond motifs is 3. The number of pyridine rings is 1. The minimum absolute atomic E-state index is 0.554. The molecular formula is C18H25N5OS. The molecule has 0 radical (unpaired) electrons. The normalized spacial score (nSPS) is 25.6. The van der Waals surface area contributed by atoms with Gasteiger partial charge in [0.15, 0.2) is 5.82 Å². The lowest BCUT2D eigenvalue weighted by Crippen LogP contribution is -2.56. The summed E-state index contributed by atoms with van der Waals surface area (Å²) in [5.41, 5.74) is 1.24. The van der Waals surface area contributed by atoms with Crippen molar-refractivity contribution in [2.75, 3.05) is 25.9 Å². The monoisotopic (exact) mass is 359 g/mol. The molecule has 3 aliphatic heterocycles. The molecule has 2 bridgehead atoms. The van der Waals surface area contributed by atoms with E-state index in [9.17, 15) is 0 Å². The van der Waals surface area contributed by atoms with Crippen molar-refractivity contribution in [1.82, 2.24) is 24.9 Å². The number of nitrogens with zero attached hydrogens (tertiary/aromatic N) is 5. The van der Waals surface area contributed by atoms with Crippen LogP contribution in [-0.4, -0.2) is 56.9 Å². The third-order valence-corrected chi connectivity index (χ3v) is 5.87. The zero-order valence-electron chi connectivity index (χ0n) is 14.7. The molecule has 134 valence electrons. The summed E-state index contributed by atoms with van der Waals surface area (Å²) in [6.07, 6.45) is 8.44. The summed E-state index contributed by atoms with van der Waals surface area (Å²) in [5, 5.41) is 4.10. The summed E-state index contributed by atoms with van der Waals surface area (Å²) in [6, 6.07) is 4.71. The fourth-order valence-corrected chi connectivity index (χ4v) is 4.46. The molecule has 2 aromatic heterocycles. The van der Waals surface area contributed by atoms with E-state index in [4.69, 9.17) is 4.52 Å². The molecule has 5 heterocycles. The molecule has 0 aliphatic carbocycles. The third kappa shape index (κ3) is 4.04. The molecule has 0 aromatic carbocycles. The summed E-state index contributed by atoms with van der Waals surface area (Å²) in [7, 11) is 0. The Morgan fingerprint density at radius 1 is 1.32 bits per heavy atom. The van der Waals surface area contributed by atoms with Gasteiger partial charge in [0.2, 0.25) is 5.89 Å². The van der Waals surface area contributed by atoms with E-state index >= 15 is 0 Å². The van der Waals surface area contributed by atoms with Crippen LogP contribution in [0.2, 0.25) is 0 Å². The maximum Gasteiger partial charge on any atom is 0.240 e. The first-order chi connectivity index (χ1) is 12.3. The van der Waals surface area contributed by atoms with Crippen molar-refractivity contribution < 1.29 is 4.52 Å². The van der Waals surface area contributed by atoms with Crippen molar-refractivity contribution in [1.29, 1.82) is 0 Å². The van der Waals surface area contributed by atoms with Crippen molar-refractivity contribution in [3.63, 3.8) is 0 Å². The van der Waals surface area contributed by atoms with Crippen molar-refractivity contribution in [3.05, 3.63) is 41.8 Å². The quantitative estimate of drug-likeness (QED) is 0.752. The Hall–Kier alpha value is -1.44. The van der Waals surface area contributed by atoms with Gasteiger partial charge in [-0.3, -0.25) is 9.88 Å². The molecule has 0 unspecified atom stereocenters. The highest BCUT2D eigenvalue weighted by atomic mass is 32.2. The van der Waals surface area contributed by atoms with Gasteiger partial charge in [-0.15, -0.1) is 0 Å². The first-order valence-corrected chi connectivity index (χ1v) is 10.4. The Balaban J connectivity index is 1.52. The summed E-state index contributed by atoms with van der Waals surface area (Å²) < 4.78 is 5.51. The number of piperidine rings is 3. The maximum absolute atomic E-state index is 5.51. The summed E-state index contributed by atoms with van der Waals surface area (Å²) in [5.74, 6) is 3.09. The predicted octanol–water partition coefficient (Wildman–Crippen LogP) is 2.42. The zero-order chi connectivity index (χ0) is 17.1. The highest BCUT2D eigenvalue weighted by Crippen LogP contribution is 2.32. The van der Waals surface area contributed by atoms with Crippen molar-refractivity contribution in [2.45, 2.75) is 37.7 Å². The van der Waals surface area contributed by atoms with Crippen LogP contribution < -0.4 is 0 Å². The van der Waals surface area contributed by atoms with Crippen molar-refractivity contribution in [3.8, 4) is 0 Å². The van der Waals surface area contributed by atoms with Crippen LogP contribution in [0.3, 0.4) is 0 Å². The van der Waals surface area contributed by atoms with Crippen LogP contribution in [0, 0.1) is 5.92 Å². The van der Waals surface area contributed by atoms with Gasteiger partial charge in [-0.1, -0.05) is 11.2 Å². The van der Waals surface area contributed by atoms with Crippen LogP contribution >= 0.6 is 11.8 Å². The van der Waals surface area contributed by atoms with Crippen molar-refractivity contribution >= 4 is 11.8 Å². The second-order valence-corrected chi connectivity index (χ2v) is 7.88. The van der Waals surface area contributed by atoms with Gasteiger partial charge in [-0.05, 0) is 49.7 Å². The summed E-state index contributed by atoms with van der Waals surface area (Å²) in [6.45, 7) is 5.24. The van der Waals surface area contributed by atoms with Crippen LogP contribution in [0.25, 0.3) is 0 Å². The van der Waals surface area contributed by atoms with Crippen LogP contribution in [0.1, 0.15) is 30.1 Å². The SMILES string of the molecule is CSCc1noc(CN(Cc2cccnc2)[C@H]2CN3CCC2CC3)n1. The minimum atomic E-state index is 0.554. The zero-order valence-corrected chi connectivity index (χ0v) is 15.5. The molecule has 0 N–H and O–H groups in total. The lowest BCUT2D eigenvalue weighted by molar-refractivity contribution is -0.00660. The number of aromatic nitrogens is 3. The Kier molecular flexibility index (Phi) is 5.33. The molecule has 2 aromatic rings. The number of hydrogen-bond acceptors (Lipinski definition) is 7. The average molecular weight is 359 g/mol. The molecule has 3 aliphatic rings. The Bertz CT molecular complexity index is 671. The van der Waals surface area contributed by atoms with E-state index in [2.05, 4.69) is 37.2 Å². The summed E-state index contributed by atoms with van der Waals surface area (Å²) in [4.78, 5) is 14.0. The van der Waals surface area contributed by atoms with Crippen LogP contribution in [0.5, 0.6) is 0 Å². The molecule has 1 atom stereocenters. The maximum atomic E-state index is 5.51. The van der Waals surface area contributed by atoms with Gasteiger partial charge in [-0.25, -0.2) is 0 Å². The molecule has 5 rings (SSSR count). The molecule has 0 amide bonds. The molecule has 6 nitrogen and oxygen atoms in total. The Morgan fingerprint density at radius 3 is 2.88 bits per heavy atom. The van der Waals surface area contributed by atoms with Crippen molar-refractivity contribution in [2.24, 2.45) is 5.92 Å². The van der Waals surface area contributed by atoms with E-state index in [1.54, 1.807) is 11.8 Å². The second kappa shape index (κ2) is 7.85. The molecule has 7 heteroatoms. The van der Waals surface area contributed by atoms with E-state index in [0.29, 0.717) is 12.6 Å². The van der Waals surface area contributed by atoms with E-state index in [0.717, 1.165) is 36.5 Å². The topological polar surface area (TPSA) is 58.3 Å². The number of hydrogen-bond donors (Lipinski definition) is 0. The molecule has 25 heavy (non-hydrogen) atoms. The average Bonchev–Trinajstić information content (AvgIpc) is 3.10. The van der Waals surface area contributed by atoms with Gasteiger partial charge in [0, 0.05) is 31.5 Å². The first-order valence-electron chi connectivity index (χ1n) is 8.97. The fourth-order valence-electron chi connectivity index (χ4n) is 4.08. The van der Waals surface area contributed by atoms with Gasteiger partial charge in [0.25, 0.3) is 0 Å². The van der Waals surface area contributed by atoms with Crippen LogP contribution in [0.4, 0.5) is 0 Å². The third-order valence-electron chi connectivity index (χ3n) is 5.32. The molecule has 0 spiro atoms. The molecule has 3 saturated heterocycles. The predicted molar refractivity (Wildman–Crippen MR) is 98.0 cm³/mol. The lowest BCUT2D eigenvalue weighted by atomic mass is 9.83. The Morgan fingerprint density at radius 2 is 2.20 bits per heavy atom. The van der Waals surface area contributed by atoms with Gasteiger partial charge >= 0.3 is 0 Å². The van der Waals surface area contributed by atoms with E-state index < -0.39 is 0 Å². The van der Waals surface area contributed by atoms with E-state index in [1.807, 2.05) is 18.5 Å². The standard InChI is InChI=1S/C18H25N5OS/c1-25-13-17-20-18(24-21-17)12-23(10-14-3-2-6-19-9-14)16-11-22-7-4-15(16)5-8-22/h2-3,6,9,15-16H,4-5,7-8,10-13H2,1H3/t16-/m0/s1. The Labute approximate surface area is 153 Å². The van der Waals surface area contributed by atoms with Gasteiger partial charge in [0.05, 0.1) is 12.3 Å². The minimum Gasteiger partial charge on any atom is -0.338 e. The smallest absolute Gasteiger partial charge is 0.240 e. The van der Waals surface area contributed by atoms with Gasteiger partial charge in [0.1, 0.15) is 0 Å². The second-order valence-electron chi connectivity index (χ2n) is 7.01.